The molecule has 0 aromatic heterocycles. The maximum absolute atomic E-state index is 9.93. The first-order valence-electron chi connectivity index (χ1n) is 7.89. The Bertz CT molecular complexity index is 235. The van der Waals surface area contributed by atoms with Crippen LogP contribution in [0.25, 0.3) is 0 Å². The van der Waals surface area contributed by atoms with Crippen molar-refractivity contribution in [2.24, 2.45) is 5.92 Å². The monoisotopic (exact) mass is 254 g/mol. The lowest BCUT2D eigenvalue weighted by Crippen LogP contribution is -2.58. The number of nitrogens with one attached hydrogen (secondary N) is 1. The predicted octanol–water partition coefficient (Wildman–Crippen LogP) is 2.00. The first-order valence-corrected chi connectivity index (χ1v) is 7.89. The van der Waals surface area contributed by atoms with E-state index in [1.165, 1.54) is 51.6 Å². The Morgan fingerprint density at radius 3 is 2.33 bits per heavy atom. The van der Waals surface area contributed by atoms with Crippen LogP contribution in [-0.2, 0) is 0 Å². The summed E-state index contributed by atoms with van der Waals surface area (Å²) in [7, 11) is 0. The highest BCUT2D eigenvalue weighted by Crippen LogP contribution is 2.40. The second-order valence-electron chi connectivity index (χ2n) is 6.21. The number of aliphatic hydroxyl groups is 1. The smallest absolute Gasteiger partial charge is 0.0628 e. The van der Waals surface area contributed by atoms with Gasteiger partial charge >= 0.3 is 0 Å². The lowest BCUT2D eigenvalue weighted by Gasteiger charge is -2.38. The molecule has 2 rings (SSSR count). The summed E-state index contributed by atoms with van der Waals surface area (Å²) in [5.41, 5.74) is -0.0135. The van der Waals surface area contributed by atoms with E-state index in [9.17, 15) is 5.11 Å². The third kappa shape index (κ3) is 3.69. The van der Waals surface area contributed by atoms with E-state index in [0.717, 1.165) is 19.5 Å². The molecule has 0 spiro atoms. The van der Waals surface area contributed by atoms with E-state index >= 15 is 0 Å². The summed E-state index contributed by atoms with van der Waals surface area (Å²) in [5.74, 6) is 0.706. The molecule has 0 radical (unpaired) electrons. The van der Waals surface area contributed by atoms with Gasteiger partial charge in [-0.1, -0.05) is 19.8 Å². The number of hydrogen-bond acceptors (Lipinski definition) is 3. The normalized spacial score (nSPS) is 25.7. The molecule has 106 valence electrons. The molecule has 1 heterocycles. The van der Waals surface area contributed by atoms with Crippen LogP contribution in [-0.4, -0.2) is 48.3 Å². The molecule has 2 fully saturated rings. The van der Waals surface area contributed by atoms with Crippen molar-refractivity contribution in [2.75, 3.05) is 32.8 Å². The summed E-state index contributed by atoms with van der Waals surface area (Å²) in [6, 6.07) is 0. The molecule has 1 aliphatic carbocycles. The van der Waals surface area contributed by atoms with Crippen molar-refractivity contribution in [2.45, 2.75) is 57.4 Å². The molecule has 0 aromatic carbocycles. The maximum Gasteiger partial charge on any atom is 0.0628 e. The quantitative estimate of drug-likeness (QED) is 0.729. The minimum Gasteiger partial charge on any atom is -0.394 e. The Morgan fingerprint density at radius 1 is 1.17 bits per heavy atom. The molecular weight excluding hydrogens is 224 g/mol. The van der Waals surface area contributed by atoms with Gasteiger partial charge in [0.25, 0.3) is 0 Å². The fourth-order valence-electron chi connectivity index (χ4n) is 3.27. The number of likely N-dealkylation sites (tertiary alicyclic amines) is 1. The molecule has 1 saturated carbocycles. The zero-order valence-electron chi connectivity index (χ0n) is 12.0. The topological polar surface area (TPSA) is 35.5 Å². The van der Waals surface area contributed by atoms with Crippen molar-refractivity contribution in [1.82, 2.24) is 10.2 Å². The minimum absolute atomic E-state index is 0.0135. The van der Waals surface area contributed by atoms with Gasteiger partial charge in [0.05, 0.1) is 12.1 Å². The van der Waals surface area contributed by atoms with Crippen molar-refractivity contribution >= 4 is 0 Å². The molecule has 3 heteroatoms. The molecule has 1 aliphatic heterocycles. The van der Waals surface area contributed by atoms with Gasteiger partial charge < -0.3 is 15.3 Å². The standard InChI is InChI=1S/C15H30N2O/c1-2-9-16-15(13-18,14-7-8-14)12-17-10-5-3-4-6-11-17/h14,16,18H,2-13H2,1H3. The van der Waals surface area contributed by atoms with E-state index in [1.54, 1.807) is 0 Å². The van der Waals surface area contributed by atoms with E-state index in [0.29, 0.717) is 12.5 Å². The molecule has 1 saturated heterocycles. The molecule has 0 aromatic rings. The van der Waals surface area contributed by atoms with Gasteiger partial charge in [-0.2, -0.15) is 0 Å². The summed E-state index contributed by atoms with van der Waals surface area (Å²) in [6.07, 6.45) is 9.17. The Morgan fingerprint density at radius 2 is 1.83 bits per heavy atom. The third-order valence-electron chi connectivity index (χ3n) is 4.57. The van der Waals surface area contributed by atoms with E-state index < -0.39 is 0 Å². The first kappa shape index (κ1) is 14.3. The summed E-state index contributed by atoms with van der Waals surface area (Å²) >= 11 is 0. The van der Waals surface area contributed by atoms with Crippen LogP contribution in [0, 0.1) is 5.92 Å². The van der Waals surface area contributed by atoms with Crippen LogP contribution < -0.4 is 5.32 Å². The summed E-state index contributed by atoms with van der Waals surface area (Å²) in [5, 5.41) is 13.6. The second-order valence-corrected chi connectivity index (χ2v) is 6.21. The van der Waals surface area contributed by atoms with E-state index in [1.807, 2.05) is 0 Å². The zero-order valence-corrected chi connectivity index (χ0v) is 12.0. The highest BCUT2D eigenvalue weighted by Gasteiger charge is 2.45. The Hall–Kier alpha value is -0.120. The molecule has 1 atom stereocenters. The highest BCUT2D eigenvalue weighted by atomic mass is 16.3. The van der Waals surface area contributed by atoms with E-state index in [-0.39, 0.29) is 5.54 Å². The highest BCUT2D eigenvalue weighted by molar-refractivity contribution is 5.02. The van der Waals surface area contributed by atoms with Gasteiger partial charge in [0.2, 0.25) is 0 Å². The zero-order chi connectivity index (χ0) is 12.8. The van der Waals surface area contributed by atoms with Gasteiger partial charge in [0.15, 0.2) is 0 Å². The third-order valence-corrected chi connectivity index (χ3v) is 4.57. The number of hydrogen-bond donors (Lipinski definition) is 2. The summed E-state index contributed by atoms with van der Waals surface area (Å²) < 4.78 is 0. The lowest BCUT2D eigenvalue weighted by atomic mass is 9.92. The van der Waals surface area contributed by atoms with E-state index in [2.05, 4.69) is 17.1 Å². The van der Waals surface area contributed by atoms with Crippen molar-refractivity contribution in [3.63, 3.8) is 0 Å². The van der Waals surface area contributed by atoms with E-state index in [4.69, 9.17) is 0 Å². The van der Waals surface area contributed by atoms with Crippen LogP contribution >= 0.6 is 0 Å². The first-order chi connectivity index (χ1) is 8.80. The average molecular weight is 254 g/mol. The molecule has 2 aliphatic rings. The maximum atomic E-state index is 9.93. The van der Waals surface area contributed by atoms with Crippen molar-refractivity contribution < 1.29 is 5.11 Å². The largest absolute Gasteiger partial charge is 0.394 e. The minimum atomic E-state index is -0.0135. The average Bonchev–Trinajstić information content (AvgIpc) is 3.21. The van der Waals surface area contributed by atoms with Crippen LogP contribution in [0.3, 0.4) is 0 Å². The fraction of sp³-hybridized carbons (Fsp3) is 1.00. The number of rotatable bonds is 7. The Kier molecular flexibility index (Phi) is 5.46. The van der Waals surface area contributed by atoms with Crippen molar-refractivity contribution in [1.29, 1.82) is 0 Å². The van der Waals surface area contributed by atoms with Gasteiger partial charge in [0, 0.05) is 6.54 Å². The van der Waals surface area contributed by atoms with Crippen LogP contribution in [0.15, 0.2) is 0 Å². The summed E-state index contributed by atoms with van der Waals surface area (Å²) in [4.78, 5) is 2.59. The van der Waals surface area contributed by atoms with Gasteiger partial charge in [-0.05, 0) is 57.7 Å². The number of nitrogens with zero attached hydrogens (tertiary/aromatic N) is 1. The van der Waals surface area contributed by atoms with Crippen LogP contribution in [0.5, 0.6) is 0 Å². The molecule has 1 unspecified atom stereocenters. The van der Waals surface area contributed by atoms with Gasteiger partial charge in [0.1, 0.15) is 0 Å². The van der Waals surface area contributed by atoms with Crippen molar-refractivity contribution in [3.05, 3.63) is 0 Å². The van der Waals surface area contributed by atoms with Gasteiger partial charge in [-0.25, -0.2) is 0 Å². The molecule has 0 amide bonds. The molecule has 3 nitrogen and oxygen atoms in total. The van der Waals surface area contributed by atoms with Crippen LogP contribution in [0.4, 0.5) is 0 Å². The fourth-order valence-corrected chi connectivity index (χ4v) is 3.27. The number of aliphatic hydroxyl groups excluding tert-OH is 1. The van der Waals surface area contributed by atoms with Crippen LogP contribution in [0.2, 0.25) is 0 Å². The second kappa shape index (κ2) is 6.88. The molecular formula is C15H30N2O. The van der Waals surface area contributed by atoms with Crippen LogP contribution in [0.1, 0.15) is 51.9 Å². The molecule has 0 bridgehead atoms. The molecule has 2 N–H and O–H groups in total. The summed E-state index contributed by atoms with van der Waals surface area (Å²) in [6.45, 7) is 7.03. The SMILES string of the molecule is CCCNC(CO)(CN1CCCCCC1)C1CC1. The molecule has 18 heavy (non-hydrogen) atoms. The predicted molar refractivity (Wildman–Crippen MR) is 75.7 cm³/mol. The van der Waals surface area contributed by atoms with Gasteiger partial charge in [-0.15, -0.1) is 0 Å². The van der Waals surface area contributed by atoms with Crippen molar-refractivity contribution in [3.8, 4) is 0 Å². The van der Waals surface area contributed by atoms with Gasteiger partial charge in [-0.3, -0.25) is 0 Å². The lowest BCUT2D eigenvalue weighted by molar-refractivity contribution is 0.0919. The Labute approximate surface area is 112 Å². The Balaban J connectivity index is 1.94.